The summed E-state index contributed by atoms with van der Waals surface area (Å²) in [5.41, 5.74) is 1.72. The molecule has 1 heterocycles. The molecular weight excluding hydrogens is 262 g/mol. The van der Waals surface area contributed by atoms with Crippen LogP contribution in [0.4, 0.5) is 0 Å². The molecule has 0 unspecified atom stereocenters. The number of hydrogen-bond donors (Lipinski definition) is 0. The summed E-state index contributed by atoms with van der Waals surface area (Å²) in [5, 5.41) is 1.94. The van der Waals surface area contributed by atoms with Crippen molar-refractivity contribution in [2.75, 3.05) is 7.11 Å². The van der Waals surface area contributed by atoms with E-state index in [0.717, 1.165) is 16.3 Å². The molecule has 3 heteroatoms. The Kier molecular flexibility index (Phi) is 3.65. The first-order valence-corrected chi connectivity index (χ1v) is 6.83. The number of methoxy groups -OCH3 is 1. The van der Waals surface area contributed by atoms with Gasteiger partial charge in [0.15, 0.2) is 12.7 Å². The molecule has 0 aliphatic rings. The molecule has 0 radical (unpaired) electrons. The average Bonchev–Trinajstić information content (AvgIpc) is 2.55. The predicted molar refractivity (Wildman–Crippen MR) is 81.0 cm³/mol. The van der Waals surface area contributed by atoms with Crippen molar-refractivity contribution in [2.24, 2.45) is 0 Å². The fourth-order valence-corrected chi connectivity index (χ4v) is 2.49. The molecule has 1 aromatic heterocycles. The van der Waals surface area contributed by atoms with E-state index in [9.17, 15) is 4.79 Å². The molecule has 0 fully saturated rings. The van der Waals surface area contributed by atoms with E-state index in [2.05, 4.69) is 0 Å². The van der Waals surface area contributed by atoms with Crippen molar-refractivity contribution in [3.63, 3.8) is 0 Å². The molecule has 3 nitrogen and oxygen atoms in total. The zero-order valence-electron chi connectivity index (χ0n) is 11.8. The van der Waals surface area contributed by atoms with Crippen LogP contribution in [0.15, 0.2) is 66.9 Å². The van der Waals surface area contributed by atoms with Gasteiger partial charge in [0.2, 0.25) is 0 Å². The van der Waals surface area contributed by atoms with E-state index < -0.39 is 0 Å². The Morgan fingerprint density at radius 3 is 2.48 bits per heavy atom. The molecule has 0 amide bonds. The maximum absolute atomic E-state index is 12.2. The minimum atomic E-state index is -0.317. The molecule has 0 atom stereocenters. The fraction of sp³-hybridized carbons (Fsp3) is 0.111. The second-order valence-corrected chi connectivity index (χ2v) is 4.86. The van der Waals surface area contributed by atoms with Crippen molar-refractivity contribution >= 4 is 16.7 Å². The molecule has 3 aromatic rings. The van der Waals surface area contributed by atoms with E-state index in [1.807, 2.05) is 71.4 Å². The zero-order chi connectivity index (χ0) is 14.7. The van der Waals surface area contributed by atoms with Crippen molar-refractivity contribution in [1.82, 2.24) is 0 Å². The van der Waals surface area contributed by atoms with Crippen molar-refractivity contribution < 1.29 is 14.1 Å². The summed E-state index contributed by atoms with van der Waals surface area (Å²) in [5.74, 6) is -0.317. The highest BCUT2D eigenvalue weighted by atomic mass is 16.5. The van der Waals surface area contributed by atoms with Crippen molar-refractivity contribution in [3.05, 3.63) is 78.1 Å². The van der Waals surface area contributed by atoms with Crippen LogP contribution in [0.1, 0.15) is 16.1 Å². The quantitative estimate of drug-likeness (QED) is 0.544. The maximum atomic E-state index is 12.2. The number of ether oxygens (including phenoxy) is 1. The van der Waals surface area contributed by atoms with Gasteiger partial charge in [0.1, 0.15) is 0 Å². The monoisotopic (exact) mass is 278 g/mol. The second kappa shape index (κ2) is 5.75. The Morgan fingerprint density at radius 1 is 1.00 bits per heavy atom. The number of rotatable bonds is 3. The first kappa shape index (κ1) is 13.3. The Hall–Kier alpha value is -2.68. The lowest BCUT2D eigenvalue weighted by Gasteiger charge is -2.06. The van der Waals surface area contributed by atoms with Crippen LogP contribution in [0, 0.1) is 0 Å². The molecule has 104 valence electrons. The molecule has 2 aromatic carbocycles. The molecule has 21 heavy (non-hydrogen) atoms. The molecule has 0 saturated carbocycles. The molecule has 0 aliphatic heterocycles. The molecular formula is C18H16NO2+. The van der Waals surface area contributed by atoms with Crippen LogP contribution in [0.5, 0.6) is 0 Å². The predicted octanol–water partition coefficient (Wildman–Crippen LogP) is 2.96. The van der Waals surface area contributed by atoms with Crippen LogP contribution in [0.2, 0.25) is 0 Å². The number of aromatic nitrogens is 1. The number of carbonyl (C=O) groups is 1. The number of esters is 1. The van der Waals surface area contributed by atoms with Crippen LogP contribution in [0.25, 0.3) is 10.8 Å². The van der Waals surface area contributed by atoms with Crippen molar-refractivity contribution in [1.29, 1.82) is 0 Å². The van der Waals surface area contributed by atoms with E-state index in [-0.39, 0.29) is 5.97 Å². The first-order valence-electron chi connectivity index (χ1n) is 6.83. The van der Waals surface area contributed by atoms with Gasteiger partial charge in [-0.25, -0.2) is 4.79 Å². The van der Waals surface area contributed by atoms with E-state index in [4.69, 9.17) is 4.74 Å². The first-order chi connectivity index (χ1) is 10.3. The topological polar surface area (TPSA) is 30.2 Å². The lowest BCUT2D eigenvalue weighted by molar-refractivity contribution is -0.689. The summed E-state index contributed by atoms with van der Waals surface area (Å²) >= 11 is 0. The van der Waals surface area contributed by atoms with Gasteiger partial charge in [-0.3, -0.25) is 0 Å². The van der Waals surface area contributed by atoms with E-state index in [1.165, 1.54) is 7.11 Å². The number of carbonyl (C=O) groups excluding carboxylic acids is 1. The van der Waals surface area contributed by atoms with E-state index in [0.29, 0.717) is 12.2 Å². The molecule has 0 bridgehead atoms. The van der Waals surface area contributed by atoms with Gasteiger partial charge in [0, 0.05) is 11.6 Å². The van der Waals surface area contributed by atoms with Gasteiger partial charge in [-0.2, -0.15) is 4.57 Å². The highest BCUT2D eigenvalue weighted by molar-refractivity contribution is 6.00. The molecule has 0 spiro atoms. The van der Waals surface area contributed by atoms with Gasteiger partial charge in [0.25, 0.3) is 5.69 Å². The number of pyridine rings is 1. The maximum Gasteiger partial charge on any atom is 0.404 e. The van der Waals surface area contributed by atoms with Gasteiger partial charge in [-0.1, -0.05) is 48.5 Å². The van der Waals surface area contributed by atoms with Gasteiger partial charge >= 0.3 is 5.97 Å². The normalized spacial score (nSPS) is 10.5. The third-order valence-electron chi connectivity index (χ3n) is 3.51. The summed E-state index contributed by atoms with van der Waals surface area (Å²) in [4.78, 5) is 12.2. The minimum absolute atomic E-state index is 0.317. The third-order valence-corrected chi connectivity index (χ3v) is 3.51. The number of fused-ring (bicyclic) bond motifs is 1. The Balaban J connectivity index is 2.15. The summed E-state index contributed by atoms with van der Waals surface area (Å²) in [6.45, 7) is 0.635. The number of hydrogen-bond acceptors (Lipinski definition) is 2. The fourth-order valence-electron chi connectivity index (χ4n) is 2.49. The van der Waals surface area contributed by atoms with Gasteiger partial charge < -0.3 is 4.74 Å². The van der Waals surface area contributed by atoms with E-state index in [1.54, 1.807) is 0 Å². The summed E-state index contributed by atoms with van der Waals surface area (Å²) in [6.07, 6.45) is 1.93. The SMILES string of the molecule is COC(=O)c1c2ccccc2cc[n+]1Cc1ccccc1. The Morgan fingerprint density at radius 2 is 1.71 bits per heavy atom. The Labute approximate surface area is 123 Å². The van der Waals surface area contributed by atoms with Crippen LogP contribution in [-0.4, -0.2) is 13.1 Å². The largest absolute Gasteiger partial charge is 0.461 e. The Bertz CT molecular complexity index is 782. The zero-order valence-corrected chi connectivity index (χ0v) is 11.8. The number of benzene rings is 2. The minimum Gasteiger partial charge on any atom is -0.461 e. The van der Waals surface area contributed by atoms with Gasteiger partial charge in [-0.05, 0) is 11.5 Å². The van der Waals surface area contributed by atoms with Crippen molar-refractivity contribution in [3.8, 4) is 0 Å². The highest BCUT2D eigenvalue weighted by Gasteiger charge is 2.23. The summed E-state index contributed by atoms with van der Waals surface area (Å²) in [6, 6.07) is 19.9. The van der Waals surface area contributed by atoms with Crippen molar-refractivity contribution in [2.45, 2.75) is 6.54 Å². The summed E-state index contributed by atoms with van der Waals surface area (Å²) in [7, 11) is 1.41. The van der Waals surface area contributed by atoms with E-state index >= 15 is 0 Å². The smallest absolute Gasteiger partial charge is 0.404 e. The van der Waals surface area contributed by atoms with Crippen LogP contribution < -0.4 is 4.57 Å². The second-order valence-electron chi connectivity index (χ2n) is 4.86. The van der Waals surface area contributed by atoms with Gasteiger partial charge in [0.05, 0.1) is 12.5 Å². The lowest BCUT2D eigenvalue weighted by atomic mass is 10.1. The lowest BCUT2D eigenvalue weighted by Crippen LogP contribution is -2.41. The summed E-state index contributed by atoms with van der Waals surface area (Å²) < 4.78 is 6.90. The van der Waals surface area contributed by atoms with Gasteiger partial charge in [-0.15, -0.1) is 0 Å². The standard InChI is InChI=1S/C18H16NO2/c1-21-18(20)17-16-10-6-5-9-15(16)11-12-19(17)13-14-7-3-2-4-8-14/h2-12H,13H2,1H3/q+1. The third kappa shape index (κ3) is 2.63. The van der Waals surface area contributed by atoms with Crippen LogP contribution >= 0.6 is 0 Å². The molecule has 3 rings (SSSR count). The molecule has 0 aliphatic carbocycles. The average molecular weight is 278 g/mol. The van der Waals surface area contributed by atoms with Crippen LogP contribution in [0.3, 0.4) is 0 Å². The van der Waals surface area contributed by atoms with Crippen LogP contribution in [-0.2, 0) is 11.3 Å². The molecule has 0 saturated heterocycles. The number of nitrogens with zero attached hydrogens (tertiary/aromatic N) is 1. The molecule has 0 N–H and O–H groups in total. The highest BCUT2D eigenvalue weighted by Crippen LogP contribution is 2.16.